The SMILES string of the molecule is CNCC(O)C(O)c1ccc(Cl)cc1F. The molecule has 0 spiro atoms. The molecule has 84 valence electrons. The number of nitrogens with one attached hydrogen (secondary N) is 1. The molecule has 0 aromatic heterocycles. The molecule has 0 aliphatic rings. The summed E-state index contributed by atoms with van der Waals surface area (Å²) in [6, 6.07) is 3.93. The van der Waals surface area contributed by atoms with Crippen LogP contribution in [0.2, 0.25) is 5.02 Å². The molecule has 0 saturated carbocycles. The Labute approximate surface area is 92.5 Å². The van der Waals surface area contributed by atoms with Crippen LogP contribution in [0.4, 0.5) is 4.39 Å². The third kappa shape index (κ3) is 3.14. The smallest absolute Gasteiger partial charge is 0.130 e. The fourth-order valence-corrected chi connectivity index (χ4v) is 1.43. The van der Waals surface area contributed by atoms with Gasteiger partial charge in [-0.1, -0.05) is 17.7 Å². The third-order valence-electron chi connectivity index (χ3n) is 2.06. The summed E-state index contributed by atoms with van der Waals surface area (Å²) >= 11 is 5.57. The van der Waals surface area contributed by atoms with E-state index in [-0.39, 0.29) is 17.1 Å². The van der Waals surface area contributed by atoms with Crippen LogP contribution < -0.4 is 5.32 Å². The maximum atomic E-state index is 13.3. The second-order valence-electron chi connectivity index (χ2n) is 3.24. The number of likely N-dealkylation sites (N-methyl/N-ethyl adjacent to an activating group) is 1. The molecule has 1 aromatic carbocycles. The van der Waals surface area contributed by atoms with Gasteiger partial charge in [-0.25, -0.2) is 4.39 Å². The van der Waals surface area contributed by atoms with Gasteiger partial charge in [-0.3, -0.25) is 0 Å². The van der Waals surface area contributed by atoms with Gasteiger partial charge in [0.15, 0.2) is 0 Å². The average Bonchev–Trinajstić information content (AvgIpc) is 2.17. The zero-order chi connectivity index (χ0) is 11.4. The summed E-state index contributed by atoms with van der Waals surface area (Å²) in [6.45, 7) is 0.184. The van der Waals surface area contributed by atoms with Crippen molar-refractivity contribution in [3.63, 3.8) is 0 Å². The van der Waals surface area contributed by atoms with Crippen molar-refractivity contribution in [2.75, 3.05) is 13.6 Å². The second kappa shape index (κ2) is 5.42. The van der Waals surface area contributed by atoms with Crippen LogP contribution in [0.15, 0.2) is 18.2 Å². The number of hydrogen-bond acceptors (Lipinski definition) is 3. The highest BCUT2D eigenvalue weighted by Gasteiger charge is 2.20. The first-order valence-electron chi connectivity index (χ1n) is 4.52. The van der Waals surface area contributed by atoms with Crippen LogP contribution in [0.5, 0.6) is 0 Å². The molecule has 0 saturated heterocycles. The number of rotatable bonds is 4. The molecule has 0 bridgehead atoms. The van der Waals surface area contributed by atoms with Gasteiger partial charge in [-0.05, 0) is 19.2 Å². The molecular formula is C10H13ClFNO2. The van der Waals surface area contributed by atoms with E-state index in [9.17, 15) is 14.6 Å². The van der Waals surface area contributed by atoms with Crippen molar-refractivity contribution in [1.29, 1.82) is 0 Å². The minimum absolute atomic E-state index is 0.0437. The van der Waals surface area contributed by atoms with Crippen molar-refractivity contribution in [3.05, 3.63) is 34.6 Å². The molecular weight excluding hydrogens is 221 g/mol. The molecule has 0 aliphatic heterocycles. The fraction of sp³-hybridized carbons (Fsp3) is 0.400. The van der Waals surface area contributed by atoms with Crippen LogP contribution in [0.3, 0.4) is 0 Å². The summed E-state index contributed by atoms with van der Waals surface area (Å²) in [6.07, 6.45) is -2.31. The largest absolute Gasteiger partial charge is 0.389 e. The predicted octanol–water partition coefficient (Wildman–Crippen LogP) is 1.09. The van der Waals surface area contributed by atoms with Crippen molar-refractivity contribution in [2.24, 2.45) is 0 Å². The second-order valence-corrected chi connectivity index (χ2v) is 3.67. The van der Waals surface area contributed by atoms with Gasteiger partial charge in [0.2, 0.25) is 0 Å². The summed E-state index contributed by atoms with van der Waals surface area (Å²) < 4.78 is 13.3. The summed E-state index contributed by atoms with van der Waals surface area (Å²) in [5, 5.41) is 22.0. The van der Waals surface area contributed by atoms with Gasteiger partial charge >= 0.3 is 0 Å². The first-order valence-corrected chi connectivity index (χ1v) is 4.89. The van der Waals surface area contributed by atoms with Gasteiger partial charge in [0.25, 0.3) is 0 Å². The van der Waals surface area contributed by atoms with E-state index < -0.39 is 18.0 Å². The number of halogens is 2. The molecule has 0 radical (unpaired) electrons. The Morgan fingerprint density at radius 3 is 2.67 bits per heavy atom. The van der Waals surface area contributed by atoms with Crippen LogP contribution in [-0.2, 0) is 0 Å². The Bertz CT molecular complexity index is 335. The first-order chi connectivity index (χ1) is 7.06. The highest BCUT2D eigenvalue weighted by atomic mass is 35.5. The Kier molecular flexibility index (Phi) is 4.47. The molecule has 1 aromatic rings. The Balaban J connectivity index is 2.86. The van der Waals surface area contributed by atoms with E-state index in [0.717, 1.165) is 6.07 Å². The van der Waals surface area contributed by atoms with Gasteiger partial charge < -0.3 is 15.5 Å². The number of aliphatic hydroxyl groups is 2. The number of hydrogen-bond donors (Lipinski definition) is 3. The third-order valence-corrected chi connectivity index (χ3v) is 2.29. The molecule has 0 amide bonds. The van der Waals surface area contributed by atoms with Gasteiger partial charge in [-0.2, -0.15) is 0 Å². The van der Waals surface area contributed by atoms with E-state index in [1.54, 1.807) is 7.05 Å². The van der Waals surface area contributed by atoms with Crippen molar-refractivity contribution >= 4 is 11.6 Å². The lowest BCUT2D eigenvalue weighted by Crippen LogP contribution is -2.30. The summed E-state index contributed by atoms with van der Waals surface area (Å²) in [5.41, 5.74) is 0.0437. The highest BCUT2D eigenvalue weighted by molar-refractivity contribution is 6.30. The minimum Gasteiger partial charge on any atom is -0.389 e. The molecule has 0 aliphatic carbocycles. The van der Waals surface area contributed by atoms with Crippen molar-refractivity contribution < 1.29 is 14.6 Å². The predicted molar refractivity (Wildman–Crippen MR) is 56.3 cm³/mol. The van der Waals surface area contributed by atoms with E-state index in [1.807, 2.05) is 0 Å². The zero-order valence-electron chi connectivity index (χ0n) is 8.24. The van der Waals surface area contributed by atoms with E-state index in [1.165, 1.54) is 12.1 Å². The lowest BCUT2D eigenvalue weighted by molar-refractivity contribution is 0.0181. The van der Waals surface area contributed by atoms with Gasteiger partial charge in [0, 0.05) is 17.1 Å². The highest BCUT2D eigenvalue weighted by Crippen LogP contribution is 2.22. The molecule has 5 heteroatoms. The van der Waals surface area contributed by atoms with Crippen LogP contribution in [0.25, 0.3) is 0 Å². The zero-order valence-corrected chi connectivity index (χ0v) is 9.00. The van der Waals surface area contributed by atoms with Crippen LogP contribution in [0, 0.1) is 5.82 Å². The van der Waals surface area contributed by atoms with Gasteiger partial charge in [-0.15, -0.1) is 0 Å². The lowest BCUT2D eigenvalue weighted by Gasteiger charge is -2.18. The summed E-state index contributed by atoms with van der Waals surface area (Å²) in [4.78, 5) is 0. The number of aliphatic hydroxyl groups excluding tert-OH is 2. The Hall–Kier alpha value is -0.680. The Morgan fingerprint density at radius 1 is 1.47 bits per heavy atom. The Morgan fingerprint density at radius 2 is 2.13 bits per heavy atom. The van der Waals surface area contributed by atoms with Crippen molar-refractivity contribution in [3.8, 4) is 0 Å². The van der Waals surface area contributed by atoms with Crippen LogP contribution >= 0.6 is 11.6 Å². The quantitative estimate of drug-likeness (QED) is 0.730. The van der Waals surface area contributed by atoms with E-state index in [0.29, 0.717) is 0 Å². The molecule has 2 unspecified atom stereocenters. The van der Waals surface area contributed by atoms with Gasteiger partial charge in [0.1, 0.15) is 11.9 Å². The van der Waals surface area contributed by atoms with Crippen molar-refractivity contribution in [1.82, 2.24) is 5.32 Å². The summed E-state index contributed by atoms with van der Waals surface area (Å²) in [5.74, 6) is -0.620. The molecule has 0 fully saturated rings. The number of benzene rings is 1. The van der Waals surface area contributed by atoms with E-state index in [4.69, 9.17) is 11.6 Å². The molecule has 2 atom stereocenters. The van der Waals surface area contributed by atoms with Crippen molar-refractivity contribution in [2.45, 2.75) is 12.2 Å². The van der Waals surface area contributed by atoms with Crippen LogP contribution in [0.1, 0.15) is 11.7 Å². The van der Waals surface area contributed by atoms with Gasteiger partial charge in [0.05, 0.1) is 6.10 Å². The van der Waals surface area contributed by atoms with Crippen LogP contribution in [-0.4, -0.2) is 29.9 Å². The molecule has 15 heavy (non-hydrogen) atoms. The van der Waals surface area contributed by atoms with E-state index >= 15 is 0 Å². The first kappa shape index (κ1) is 12.4. The maximum absolute atomic E-state index is 13.3. The summed E-state index contributed by atoms with van der Waals surface area (Å²) in [7, 11) is 1.63. The maximum Gasteiger partial charge on any atom is 0.130 e. The minimum atomic E-state index is -1.25. The molecule has 3 N–H and O–H groups in total. The molecule has 0 heterocycles. The monoisotopic (exact) mass is 233 g/mol. The normalized spacial score (nSPS) is 15.0. The average molecular weight is 234 g/mol. The molecule has 3 nitrogen and oxygen atoms in total. The lowest BCUT2D eigenvalue weighted by atomic mass is 10.0. The standard InChI is InChI=1S/C10H13ClFNO2/c1-13-5-9(14)10(15)7-3-2-6(11)4-8(7)12/h2-4,9-10,13-15H,5H2,1H3. The fourth-order valence-electron chi connectivity index (χ4n) is 1.27. The topological polar surface area (TPSA) is 52.5 Å². The molecule has 1 rings (SSSR count). The van der Waals surface area contributed by atoms with E-state index in [2.05, 4.69) is 5.32 Å².